The molecule has 3 heterocycles. The van der Waals surface area contributed by atoms with Crippen LogP contribution in [0, 0.1) is 0 Å². The van der Waals surface area contributed by atoms with Crippen LogP contribution in [-0.2, 0) is 9.47 Å². The van der Waals surface area contributed by atoms with Crippen molar-refractivity contribution in [3.63, 3.8) is 0 Å². The zero-order valence-corrected chi connectivity index (χ0v) is 19.9. The maximum atomic E-state index is 5.58. The average molecular weight is 387 g/mol. The number of nitrogens with zero attached hydrogens (tertiary/aromatic N) is 2. The quantitative estimate of drug-likeness (QED) is 0.625. The third-order valence-corrected chi connectivity index (χ3v) is 5.68. The molecule has 0 saturated carbocycles. The largest absolute Gasteiger partial charge is 0.380 e. The molecule has 0 aromatic heterocycles. The molecule has 0 amide bonds. The zero-order valence-electron chi connectivity index (χ0n) is 19.9. The highest BCUT2D eigenvalue weighted by atomic mass is 16.5. The highest BCUT2D eigenvalue weighted by Crippen LogP contribution is 2.38. The summed E-state index contributed by atoms with van der Waals surface area (Å²) < 4.78 is 11.1. The second kappa shape index (κ2) is 15.7. The molecule has 0 aromatic carbocycles. The third-order valence-electron chi connectivity index (χ3n) is 5.68. The minimum Gasteiger partial charge on any atom is -0.380 e. The van der Waals surface area contributed by atoms with Gasteiger partial charge >= 0.3 is 0 Å². The Labute approximate surface area is 171 Å². The van der Waals surface area contributed by atoms with Gasteiger partial charge in [-0.15, -0.1) is 0 Å². The molecular weight excluding hydrogens is 336 g/mol. The molecule has 3 saturated heterocycles. The van der Waals surface area contributed by atoms with Gasteiger partial charge in [-0.05, 0) is 86.0 Å². The molecule has 1 unspecified atom stereocenters. The van der Waals surface area contributed by atoms with Crippen molar-refractivity contribution >= 4 is 0 Å². The van der Waals surface area contributed by atoms with Gasteiger partial charge in [0.15, 0.2) is 0 Å². The molecular formula is C23H50N2O2. The van der Waals surface area contributed by atoms with Crippen LogP contribution in [0.3, 0.4) is 0 Å². The number of likely N-dealkylation sites (tertiary alicyclic amines) is 1. The fourth-order valence-electron chi connectivity index (χ4n) is 4.25. The van der Waals surface area contributed by atoms with Gasteiger partial charge in [-0.2, -0.15) is 0 Å². The summed E-state index contributed by atoms with van der Waals surface area (Å²) >= 11 is 0. The fraction of sp³-hybridized carbons (Fsp3) is 1.00. The highest BCUT2D eigenvalue weighted by molar-refractivity contribution is 4.99. The van der Waals surface area contributed by atoms with Crippen LogP contribution in [0.1, 0.15) is 87.0 Å². The molecule has 0 N–H and O–H groups in total. The van der Waals surface area contributed by atoms with E-state index in [0.29, 0.717) is 17.7 Å². The smallest absolute Gasteiger partial charge is 0.0650 e. The minimum atomic E-state index is 0.379. The first-order valence-electron chi connectivity index (χ1n) is 11.7. The molecule has 0 aliphatic carbocycles. The van der Waals surface area contributed by atoms with Crippen LogP contribution in [-0.4, -0.2) is 74.0 Å². The van der Waals surface area contributed by atoms with Gasteiger partial charge in [-0.1, -0.05) is 27.7 Å². The van der Waals surface area contributed by atoms with Crippen LogP contribution >= 0.6 is 0 Å². The lowest BCUT2D eigenvalue weighted by Crippen LogP contribution is -2.42. The van der Waals surface area contributed by atoms with E-state index in [2.05, 4.69) is 37.6 Å². The first kappa shape index (κ1) is 26.8. The first-order chi connectivity index (χ1) is 13.1. The van der Waals surface area contributed by atoms with Gasteiger partial charge in [-0.25, -0.2) is 0 Å². The summed E-state index contributed by atoms with van der Waals surface area (Å²) in [6.45, 7) is 20.9. The summed E-state index contributed by atoms with van der Waals surface area (Å²) in [6.07, 6.45) is 8.52. The van der Waals surface area contributed by atoms with Crippen LogP contribution in [0.2, 0.25) is 0 Å². The zero-order chi connectivity index (χ0) is 20.7. The van der Waals surface area contributed by atoms with Crippen LogP contribution in [0.5, 0.6) is 0 Å². The van der Waals surface area contributed by atoms with Crippen molar-refractivity contribution in [2.75, 3.05) is 46.5 Å². The van der Waals surface area contributed by atoms with Crippen LogP contribution < -0.4 is 0 Å². The number of likely N-dealkylation sites (N-methyl/N-ethyl adjacent to an activating group) is 1. The number of hydrogen-bond acceptors (Lipinski definition) is 4. The van der Waals surface area contributed by atoms with Crippen molar-refractivity contribution in [1.29, 1.82) is 0 Å². The van der Waals surface area contributed by atoms with Gasteiger partial charge in [0.25, 0.3) is 0 Å². The molecule has 0 aromatic rings. The predicted molar refractivity (Wildman–Crippen MR) is 119 cm³/mol. The second-order valence-corrected chi connectivity index (χ2v) is 7.71. The van der Waals surface area contributed by atoms with E-state index in [4.69, 9.17) is 9.47 Å². The Bertz CT molecular complexity index is 326. The van der Waals surface area contributed by atoms with Crippen molar-refractivity contribution < 1.29 is 9.47 Å². The summed E-state index contributed by atoms with van der Waals surface area (Å²) in [7, 11) is 2.18. The summed E-state index contributed by atoms with van der Waals surface area (Å²) in [5.41, 5.74) is 0.468. The molecule has 1 atom stereocenters. The molecule has 164 valence electrons. The van der Waals surface area contributed by atoms with E-state index in [0.717, 1.165) is 19.8 Å². The van der Waals surface area contributed by atoms with Gasteiger partial charge in [-0.3, -0.25) is 4.90 Å². The predicted octanol–water partition coefficient (Wildman–Crippen LogP) is 5.21. The van der Waals surface area contributed by atoms with Gasteiger partial charge in [0.2, 0.25) is 0 Å². The lowest BCUT2D eigenvalue weighted by Gasteiger charge is -2.31. The monoisotopic (exact) mass is 386 g/mol. The molecule has 3 rings (SSSR count). The van der Waals surface area contributed by atoms with Crippen molar-refractivity contribution in [3.8, 4) is 0 Å². The normalized spacial score (nSPS) is 23.7. The standard InChI is InChI=1S/C10H19NO.C9H19NO.2C2H6/c1-2-12-9-10-5-3-7-11(10)8-4-6-10;1-8(2)11-7-9-5-4-6-10(9)3;2*1-2/h2-9H2,1H3;8-9H,4-7H2,1-3H3;2*1-2H3. The Morgan fingerprint density at radius 2 is 1.56 bits per heavy atom. The molecule has 27 heavy (non-hydrogen) atoms. The molecule has 4 heteroatoms. The fourth-order valence-corrected chi connectivity index (χ4v) is 4.25. The Morgan fingerprint density at radius 1 is 0.963 bits per heavy atom. The molecule has 0 spiro atoms. The number of ether oxygens (including phenoxy) is 2. The molecule has 3 fully saturated rings. The second-order valence-electron chi connectivity index (χ2n) is 7.71. The van der Waals surface area contributed by atoms with Gasteiger partial charge in [0.1, 0.15) is 0 Å². The molecule has 0 radical (unpaired) electrons. The van der Waals surface area contributed by atoms with E-state index < -0.39 is 0 Å². The van der Waals surface area contributed by atoms with Crippen LogP contribution in [0.4, 0.5) is 0 Å². The van der Waals surface area contributed by atoms with E-state index >= 15 is 0 Å². The average Bonchev–Trinajstić information content (AvgIpc) is 3.38. The topological polar surface area (TPSA) is 24.9 Å². The number of rotatable bonds is 6. The Kier molecular flexibility index (Phi) is 15.6. The van der Waals surface area contributed by atoms with Crippen molar-refractivity contribution in [2.24, 2.45) is 0 Å². The van der Waals surface area contributed by atoms with E-state index in [1.165, 1.54) is 58.2 Å². The number of fused-ring (bicyclic) bond motifs is 1. The lowest BCUT2D eigenvalue weighted by atomic mass is 9.95. The Hall–Kier alpha value is -0.160. The molecule has 4 nitrogen and oxygen atoms in total. The molecule has 3 aliphatic heterocycles. The van der Waals surface area contributed by atoms with Gasteiger partial charge < -0.3 is 14.4 Å². The minimum absolute atomic E-state index is 0.379. The highest BCUT2D eigenvalue weighted by Gasteiger charge is 2.44. The van der Waals surface area contributed by atoms with E-state index in [-0.39, 0.29) is 0 Å². The SMILES string of the molecule is CC.CC.CC(C)OCC1CCCN1C.CCOCC12CCCN1CCC2. The third kappa shape index (κ3) is 9.25. The summed E-state index contributed by atoms with van der Waals surface area (Å²) in [6, 6.07) is 0.678. The first-order valence-corrected chi connectivity index (χ1v) is 11.7. The summed E-state index contributed by atoms with van der Waals surface area (Å²) in [5.74, 6) is 0. The van der Waals surface area contributed by atoms with Crippen LogP contribution in [0.25, 0.3) is 0 Å². The van der Waals surface area contributed by atoms with E-state index in [1.54, 1.807) is 0 Å². The van der Waals surface area contributed by atoms with Gasteiger partial charge in [0, 0.05) is 18.2 Å². The summed E-state index contributed by atoms with van der Waals surface area (Å²) in [5, 5.41) is 0. The maximum Gasteiger partial charge on any atom is 0.0650 e. The Morgan fingerprint density at radius 3 is 2.00 bits per heavy atom. The number of hydrogen-bond donors (Lipinski definition) is 0. The van der Waals surface area contributed by atoms with E-state index in [1.807, 2.05) is 27.7 Å². The van der Waals surface area contributed by atoms with Crippen molar-refractivity contribution in [2.45, 2.75) is 105 Å². The van der Waals surface area contributed by atoms with E-state index in [9.17, 15) is 0 Å². The van der Waals surface area contributed by atoms with Crippen LogP contribution in [0.15, 0.2) is 0 Å². The lowest BCUT2D eigenvalue weighted by molar-refractivity contribution is 0.0417. The maximum absolute atomic E-state index is 5.58. The van der Waals surface area contributed by atoms with Crippen molar-refractivity contribution in [1.82, 2.24) is 9.80 Å². The molecule has 3 aliphatic rings. The van der Waals surface area contributed by atoms with Gasteiger partial charge in [0.05, 0.1) is 19.3 Å². The Balaban J connectivity index is 0.000000425. The van der Waals surface area contributed by atoms with Crippen molar-refractivity contribution in [3.05, 3.63) is 0 Å². The summed E-state index contributed by atoms with van der Waals surface area (Å²) in [4.78, 5) is 5.03. The molecule has 0 bridgehead atoms.